The van der Waals surface area contributed by atoms with Crippen molar-refractivity contribution in [3.05, 3.63) is 40.8 Å². The van der Waals surface area contributed by atoms with Crippen molar-refractivity contribution in [1.29, 1.82) is 0 Å². The number of aromatic nitrogens is 2. The summed E-state index contributed by atoms with van der Waals surface area (Å²) in [4.78, 5) is 12.6. The van der Waals surface area contributed by atoms with E-state index in [0.29, 0.717) is 12.3 Å². The summed E-state index contributed by atoms with van der Waals surface area (Å²) < 4.78 is 27.4. The Bertz CT molecular complexity index is 731. The zero-order chi connectivity index (χ0) is 17.6. The molecule has 130 valence electrons. The van der Waals surface area contributed by atoms with Crippen molar-refractivity contribution in [2.75, 3.05) is 0 Å². The first kappa shape index (κ1) is 16.9. The third-order valence-corrected chi connectivity index (χ3v) is 5.03. The molecule has 0 saturated carbocycles. The molecule has 4 nitrogen and oxygen atoms in total. The number of carbonyl (C=O) groups is 1. The number of hydrogen-bond acceptors (Lipinski definition) is 2. The molecule has 2 atom stereocenters. The van der Waals surface area contributed by atoms with Crippen LogP contribution in [0.15, 0.2) is 29.5 Å². The van der Waals surface area contributed by atoms with Gasteiger partial charge in [-0.1, -0.05) is 32.9 Å². The summed E-state index contributed by atoms with van der Waals surface area (Å²) in [5, 5.41) is 6.66. The Hall–Kier alpha value is -1.98. The lowest BCUT2D eigenvalue weighted by atomic mass is 9.82. The summed E-state index contributed by atoms with van der Waals surface area (Å²) in [6.45, 7) is 6.57. The van der Waals surface area contributed by atoms with Crippen molar-refractivity contribution in [2.24, 2.45) is 18.4 Å². The fourth-order valence-corrected chi connectivity index (χ4v) is 4.16. The van der Waals surface area contributed by atoms with E-state index < -0.39 is 18.0 Å². The molecule has 2 aliphatic rings. The van der Waals surface area contributed by atoms with Crippen molar-refractivity contribution in [3.63, 3.8) is 0 Å². The largest absolute Gasteiger partial charge is 0.345 e. The normalized spacial score (nSPS) is 25.3. The minimum atomic E-state index is -2.77. The summed E-state index contributed by atoms with van der Waals surface area (Å²) in [5.74, 6) is -0.115. The van der Waals surface area contributed by atoms with Gasteiger partial charge in [0.2, 0.25) is 0 Å². The molecule has 1 heterocycles. The predicted octanol–water partition coefficient (Wildman–Crippen LogP) is 3.78. The minimum Gasteiger partial charge on any atom is -0.345 e. The van der Waals surface area contributed by atoms with E-state index in [4.69, 9.17) is 0 Å². The van der Waals surface area contributed by atoms with Gasteiger partial charge >= 0.3 is 0 Å². The second kappa shape index (κ2) is 5.83. The van der Waals surface area contributed by atoms with Crippen molar-refractivity contribution in [2.45, 2.75) is 46.1 Å². The number of nitrogens with one attached hydrogen (secondary N) is 1. The number of aryl methyl sites for hydroxylation is 1. The van der Waals surface area contributed by atoms with Gasteiger partial charge in [-0.3, -0.25) is 9.48 Å². The van der Waals surface area contributed by atoms with Crippen LogP contribution in [0.25, 0.3) is 0 Å². The highest BCUT2D eigenvalue weighted by Gasteiger charge is 2.40. The molecular formula is C18H23F2N3O. The highest BCUT2D eigenvalue weighted by atomic mass is 19.3. The first-order valence-corrected chi connectivity index (χ1v) is 8.24. The molecule has 0 spiro atoms. The van der Waals surface area contributed by atoms with Gasteiger partial charge in [0.25, 0.3) is 12.3 Å². The summed E-state index contributed by atoms with van der Waals surface area (Å²) in [5.41, 5.74) is 2.08. The third-order valence-electron chi connectivity index (χ3n) is 5.03. The molecule has 1 N–H and O–H groups in total. The third kappa shape index (κ3) is 2.78. The maximum Gasteiger partial charge on any atom is 0.282 e. The zero-order valence-electron chi connectivity index (χ0n) is 14.4. The number of amides is 1. The Morgan fingerprint density at radius 1 is 1.46 bits per heavy atom. The van der Waals surface area contributed by atoms with Gasteiger partial charge in [0.15, 0.2) is 0 Å². The van der Waals surface area contributed by atoms with Crippen LogP contribution in [0.5, 0.6) is 0 Å². The molecule has 1 aromatic heterocycles. The lowest BCUT2D eigenvalue weighted by Gasteiger charge is -2.27. The fourth-order valence-electron chi connectivity index (χ4n) is 4.16. The first-order valence-electron chi connectivity index (χ1n) is 8.24. The molecule has 1 aromatic rings. The van der Waals surface area contributed by atoms with Crippen molar-refractivity contribution >= 4 is 5.91 Å². The number of nitrogens with zero attached hydrogens (tertiary/aromatic N) is 2. The summed E-state index contributed by atoms with van der Waals surface area (Å²) in [7, 11) is 1.54. The van der Waals surface area contributed by atoms with Crippen LogP contribution in [-0.4, -0.2) is 21.7 Å². The number of rotatable bonds is 3. The molecule has 0 fully saturated rings. The minimum absolute atomic E-state index is 0.0471. The molecule has 3 rings (SSSR count). The van der Waals surface area contributed by atoms with Gasteiger partial charge in [-0.15, -0.1) is 0 Å². The Labute approximate surface area is 140 Å². The molecule has 1 amide bonds. The standard InChI is InChI=1S/C18H23F2N3O/c1-10-8-18(2,3)12-6-5-7-13(14(10)12)21-17(24)11-9-23(4)22-15(11)16(19)20/h5-6,9-10,13,16H,7-8H2,1-4H3,(H,21,24)/t10-,13?/m1/s1. The van der Waals surface area contributed by atoms with Crippen LogP contribution in [0.2, 0.25) is 0 Å². The van der Waals surface area contributed by atoms with E-state index in [2.05, 4.69) is 43.3 Å². The van der Waals surface area contributed by atoms with Crippen LogP contribution in [0.1, 0.15) is 56.1 Å². The highest BCUT2D eigenvalue weighted by molar-refractivity contribution is 5.95. The van der Waals surface area contributed by atoms with Crippen molar-refractivity contribution in [3.8, 4) is 0 Å². The van der Waals surface area contributed by atoms with Gasteiger partial charge < -0.3 is 5.32 Å². The number of alkyl halides is 2. The quantitative estimate of drug-likeness (QED) is 0.914. The van der Waals surface area contributed by atoms with Crippen LogP contribution in [0, 0.1) is 11.3 Å². The number of allylic oxidation sites excluding steroid dienone is 2. The lowest BCUT2D eigenvalue weighted by molar-refractivity contribution is 0.0927. The molecule has 2 aliphatic carbocycles. The second-order valence-electron chi connectivity index (χ2n) is 7.42. The van der Waals surface area contributed by atoms with Crippen LogP contribution >= 0.6 is 0 Å². The Morgan fingerprint density at radius 3 is 2.83 bits per heavy atom. The van der Waals surface area contributed by atoms with Crippen LogP contribution in [0.3, 0.4) is 0 Å². The molecule has 6 heteroatoms. The van der Waals surface area contributed by atoms with E-state index >= 15 is 0 Å². The van der Waals surface area contributed by atoms with Crippen LogP contribution < -0.4 is 5.32 Å². The van der Waals surface area contributed by atoms with E-state index in [9.17, 15) is 13.6 Å². The average molecular weight is 335 g/mol. The Balaban J connectivity index is 1.87. The van der Waals surface area contributed by atoms with E-state index in [1.165, 1.54) is 29.1 Å². The average Bonchev–Trinajstić information content (AvgIpc) is 2.98. The monoisotopic (exact) mass is 335 g/mol. The zero-order valence-corrected chi connectivity index (χ0v) is 14.4. The predicted molar refractivity (Wildman–Crippen MR) is 87.8 cm³/mol. The second-order valence-corrected chi connectivity index (χ2v) is 7.42. The maximum absolute atomic E-state index is 13.1. The van der Waals surface area contributed by atoms with E-state index in [-0.39, 0.29) is 17.0 Å². The van der Waals surface area contributed by atoms with Gasteiger partial charge in [0.1, 0.15) is 5.69 Å². The van der Waals surface area contributed by atoms with Crippen LogP contribution in [0.4, 0.5) is 8.78 Å². The van der Waals surface area contributed by atoms with Gasteiger partial charge in [-0.05, 0) is 35.3 Å². The Kier molecular flexibility index (Phi) is 4.10. The molecule has 24 heavy (non-hydrogen) atoms. The summed E-state index contributed by atoms with van der Waals surface area (Å²) >= 11 is 0. The van der Waals surface area contributed by atoms with Crippen molar-refractivity contribution in [1.82, 2.24) is 15.1 Å². The lowest BCUT2D eigenvalue weighted by Crippen LogP contribution is -2.38. The van der Waals surface area contributed by atoms with E-state index in [1.807, 2.05) is 0 Å². The van der Waals surface area contributed by atoms with Gasteiger partial charge in [-0.25, -0.2) is 8.78 Å². The topological polar surface area (TPSA) is 46.9 Å². The van der Waals surface area contributed by atoms with E-state index in [0.717, 1.165) is 6.42 Å². The first-order chi connectivity index (χ1) is 11.2. The SMILES string of the molecule is C[C@@H]1CC(C)(C)C2=C1C(NC(=O)c1cn(C)nc1C(F)F)CC=C2. The molecule has 0 aliphatic heterocycles. The maximum atomic E-state index is 13.1. The van der Waals surface area contributed by atoms with Crippen LogP contribution in [-0.2, 0) is 7.05 Å². The van der Waals surface area contributed by atoms with Gasteiger partial charge in [0, 0.05) is 13.2 Å². The number of hydrogen-bond donors (Lipinski definition) is 1. The van der Waals surface area contributed by atoms with Gasteiger partial charge in [0.05, 0.1) is 11.6 Å². The molecule has 0 aromatic carbocycles. The van der Waals surface area contributed by atoms with Crippen molar-refractivity contribution < 1.29 is 13.6 Å². The highest BCUT2D eigenvalue weighted by Crippen LogP contribution is 2.49. The summed E-state index contributed by atoms with van der Waals surface area (Å²) in [6, 6.07) is -0.139. The molecule has 1 unspecified atom stereocenters. The molecular weight excluding hydrogens is 312 g/mol. The molecule has 0 radical (unpaired) electrons. The Morgan fingerprint density at radius 2 is 2.17 bits per heavy atom. The molecule has 0 saturated heterocycles. The van der Waals surface area contributed by atoms with Gasteiger partial charge in [-0.2, -0.15) is 5.10 Å². The van der Waals surface area contributed by atoms with E-state index in [1.54, 1.807) is 0 Å². The number of halogens is 2. The molecule has 0 bridgehead atoms. The smallest absolute Gasteiger partial charge is 0.282 e. The fraction of sp³-hybridized carbons (Fsp3) is 0.556. The summed E-state index contributed by atoms with van der Waals surface area (Å²) in [6.07, 6.45) is 4.51. The number of carbonyl (C=O) groups excluding carboxylic acids is 1.